The predicted octanol–water partition coefficient (Wildman–Crippen LogP) is 9.25. The molecule has 2 aromatic rings. The van der Waals surface area contributed by atoms with E-state index in [1.165, 1.54) is 73.6 Å². The molecule has 2 aromatic carbocycles. The first-order valence-corrected chi connectivity index (χ1v) is 13.8. The van der Waals surface area contributed by atoms with Gasteiger partial charge in [-0.15, -0.1) is 0 Å². The molecule has 0 saturated heterocycles. The van der Waals surface area contributed by atoms with Crippen molar-refractivity contribution in [3.63, 3.8) is 0 Å². The summed E-state index contributed by atoms with van der Waals surface area (Å²) in [6.45, 7) is 30.6. The molecule has 1 heteroatoms. The van der Waals surface area contributed by atoms with E-state index in [2.05, 4.69) is 71.4 Å². The van der Waals surface area contributed by atoms with Crippen LogP contribution < -0.4 is 18.9 Å². The summed E-state index contributed by atoms with van der Waals surface area (Å²) >= 11 is 0. The van der Waals surface area contributed by atoms with Gasteiger partial charge < -0.3 is 5.92 Å². The molecule has 0 aliphatic carbocycles. The van der Waals surface area contributed by atoms with Gasteiger partial charge in [-0.1, -0.05) is 150 Å². The van der Waals surface area contributed by atoms with Crippen molar-refractivity contribution in [3.05, 3.63) is 103 Å². The van der Waals surface area contributed by atoms with E-state index < -0.39 is 0 Å². The van der Waals surface area contributed by atoms with Gasteiger partial charge in [0.25, 0.3) is 0 Å². The van der Waals surface area contributed by atoms with Gasteiger partial charge in [0.1, 0.15) is 0 Å². The zero-order chi connectivity index (χ0) is 27.5. The molecule has 0 fully saturated rings. The molecule has 0 spiro atoms. The quantitative estimate of drug-likeness (QED) is 0.205. The van der Waals surface area contributed by atoms with Crippen LogP contribution in [-0.2, 0) is 0 Å². The summed E-state index contributed by atoms with van der Waals surface area (Å²) in [5.74, 6) is 1.82. The second-order valence-corrected chi connectivity index (χ2v) is 9.92. The predicted molar refractivity (Wildman–Crippen MR) is 169 cm³/mol. The van der Waals surface area contributed by atoms with E-state index in [4.69, 9.17) is 0 Å². The maximum atomic E-state index is 3.93. The van der Waals surface area contributed by atoms with Crippen LogP contribution in [0.15, 0.2) is 74.8 Å². The van der Waals surface area contributed by atoms with Gasteiger partial charge >= 0.3 is 18.9 Å². The molecule has 0 heterocycles. The minimum absolute atomic E-state index is 0. The summed E-state index contributed by atoms with van der Waals surface area (Å²) in [4.78, 5) is 0. The van der Waals surface area contributed by atoms with Crippen molar-refractivity contribution in [2.75, 3.05) is 0 Å². The van der Waals surface area contributed by atoms with Gasteiger partial charge in [-0.05, 0) is 49.9 Å². The fourth-order valence-corrected chi connectivity index (χ4v) is 4.04. The Balaban J connectivity index is 0. The molecular formula is C36H53Li. The molecule has 37 heavy (non-hydrogen) atoms. The van der Waals surface area contributed by atoms with Crippen molar-refractivity contribution in [3.8, 4) is 0 Å². The number of hydrogen-bond donors (Lipinski definition) is 0. The first-order valence-electron chi connectivity index (χ1n) is 13.8. The van der Waals surface area contributed by atoms with Crippen molar-refractivity contribution in [1.82, 2.24) is 0 Å². The molecule has 0 unspecified atom stereocenters. The van der Waals surface area contributed by atoms with Crippen molar-refractivity contribution >= 4 is 22.3 Å². The minimum Gasteiger partial charge on any atom is -0.314 e. The van der Waals surface area contributed by atoms with Crippen LogP contribution in [0, 0.1) is 5.92 Å². The third-order valence-corrected chi connectivity index (χ3v) is 6.06. The molecule has 0 atom stereocenters. The second-order valence-electron chi connectivity index (χ2n) is 9.92. The molecule has 0 saturated carbocycles. The Kier molecular flexibility index (Phi) is 22.1. The number of unbranched alkanes of at least 4 members (excludes halogenated alkanes) is 2. The fraction of sp³-hybridized carbons (Fsp3) is 0.417. The van der Waals surface area contributed by atoms with Gasteiger partial charge in [0.15, 0.2) is 0 Å². The summed E-state index contributed by atoms with van der Waals surface area (Å²) < 4.78 is 0. The van der Waals surface area contributed by atoms with Crippen LogP contribution in [0.3, 0.4) is 0 Å². The standard InChI is InChI=1S/2C12H14.C12H25.Li/c2*1-9(2)11-7-5-6-8-12(11)10(3)4;1-4-7-10-12(9-6-3)11-8-5-2;/h2*5-8H,1,3H2,2,4H3;4-11H2,1-3H3;/q;;-1;+1. The molecule has 0 nitrogen and oxygen atoms in total. The zero-order valence-corrected chi connectivity index (χ0v) is 25.6. The van der Waals surface area contributed by atoms with E-state index in [1.807, 2.05) is 57.9 Å². The molecule has 0 radical (unpaired) electrons. The van der Waals surface area contributed by atoms with Crippen LogP contribution in [-0.4, -0.2) is 0 Å². The van der Waals surface area contributed by atoms with Crippen LogP contribution in [0.2, 0.25) is 0 Å². The van der Waals surface area contributed by atoms with Crippen LogP contribution in [0.1, 0.15) is 122 Å². The van der Waals surface area contributed by atoms with Crippen molar-refractivity contribution in [2.24, 2.45) is 0 Å². The molecule has 0 aliphatic heterocycles. The fourth-order valence-electron chi connectivity index (χ4n) is 4.04. The first kappa shape index (κ1) is 37.2. The minimum atomic E-state index is 0. The van der Waals surface area contributed by atoms with Crippen LogP contribution in [0.4, 0.5) is 0 Å². The van der Waals surface area contributed by atoms with E-state index >= 15 is 0 Å². The number of hydrogen-bond acceptors (Lipinski definition) is 0. The van der Waals surface area contributed by atoms with E-state index in [0.717, 1.165) is 22.3 Å². The summed E-state index contributed by atoms with van der Waals surface area (Å²) in [6, 6.07) is 16.4. The van der Waals surface area contributed by atoms with Crippen molar-refractivity contribution in [2.45, 2.75) is 99.8 Å². The number of rotatable bonds is 12. The molecule has 198 valence electrons. The van der Waals surface area contributed by atoms with E-state index in [9.17, 15) is 0 Å². The summed E-state index contributed by atoms with van der Waals surface area (Å²) in [5.41, 5.74) is 9.16. The molecule has 2 rings (SSSR count). The Hall–Kier alpha value is -2.00. The maximum absolute atomic E-state index is 3.93. The molecule has 0 amide bonds. The van der Waals surface area contributed by atoms with Crippen molar-refractivity contribution < 1.29 is 18.9 Å². The third-order valence-electron chi connectivity index (χ3n) is 6.06. The number of benzene rings is 2. The Labute approximate surface area is 243 Å². The molecule has 0 N–H and O–H groups in total. The van der Waals surface area contributed by atoms with Crippen LogP contribution >= 0.6 is 0 Å². The smallest absolute Gasteiger partial charge is 0.314 e. The Bertz CT molecular complexity index is 805. The topological polar surface area (TPSA) is 0 Å². The zero-order valence-electron chi connectivity index (χ0n) is 25.6. The molecule has 0 aromatic heterocycles. The average molecular weight is 493 g/mol. The number of allylic oxidation sites excluding steroid dienone is 4. The molecular weight excluding hydrogens is 439 g/mol. The van der Waals surface area contributed by atoms with Gasteiger partial charge in [-0.3, -0.25) is 0 Å². The molecule has 0 aliphatic rings. The normalized spacial score (nSPS) is 9.73. The van der Waals surface area contributed by atoms with E-state index in [-0.39, 0.29) is 18.9 Å². The van der Waals surface area contributed by atoms with E-state index in [1.54, 1.807) is 0 Å². The Morgan fingerprint density at radius 2 is 0.784 bits per heavy atom. The summed E-state index contributed by atoms with van der Waals surface area (Å²) in [7, 11) is 0. The van der Waals surface area contributed by atoms with E-state index in [0.29, 0.717) is 0 Å². The van der Waals surface area contributed by atoms with Crippen LogP contribution in [0.5, 0.6) is 0 Å². The monoisotopic (exact) mass is 492 g/mol. The van der Waals surface area contributed by atoms with Gasteiger partial charge in [0.05, 0.1) is 0 Å². The largest absolute Gasteiger partial charge is 1.00 e. The summed E-state index contributed by atoms with van der Waals surface area (Å²) in [6.07, 6.45) is 11.0. The maximum Gasteiger partial charge on any atom is 1.00 e. The Morgan fingerprint density at radius 1 is 0.514 bits per heavy atom. The third kappa shape index (κ3) is 15.8. The van der Waals surface area contributed by atoms with Gasteiger partial charge in [0.2, 0.25) is 0 Å². The summed E-state index contributed by atoms with van der Waals surface area (Å²) in [5, 5.41) is 0. The average Bonchev–Trinajstić information content (AvgIpc) is 2.86. The van der Waals surface area contributed by atoms with Crippen LogP contribution in [0.25, 0.3) is 22.3 Å². The first-order chi connectivity index (χ1) is 17.1. The van der Waals surface area contributed by atoms with Gasteiger partial charge in [0, 0.05) is 0 Å². The molecule has 0 bridgehead atoms. The van der Waals surface area contributed by atoms with Crippen molar-refractivity contribution in [1.29, 1.82) is 0 Å². The van der Waals surface area contributed by atoms with Gasteiger partial charge in [-0.2, -0.15) is 19.3 Å². The second kappa shape index (κ2) is 22.0. The van der Waals surface area contributed by atoms with Gasteiger partial charge in [-0.25, -0.2) is 0 Å². The SMILES string of the molecule is C=C(C)c1ccccc1C(=C)C.C=C(C)c1ccccc1C(=C)C.CCCC[C-](CCC)CCCC.[Li+]. The Morgan fingerprint density at radius 3 is 0.973 bits per heavy atom.